The molecule has 1 aliphatic heterocycles. The SMILES string of the molecule is CC(=O)O[C@H]1[C@H](OC(C)=O)[C@@H](OCCCC(=O)O)O[C@@H](C)[C@H]1OC(C)=O. The fraction of sp³-hybridized carbons (Fsp3) is 0.750. The summed E-state index contributed by atoms with van der Waals surface area (Å²) in [6, 6.07) is 0. The van der Waals surface area contributed by atoms with Gasteiger partial charge < -0.3 is 28.8 Å². The largest absolute Gasteiger partial charge is 0.481 e. The molecule has 0 aromatic rings. The second-order valence-corrected chi connectivity index (χ2v) is 5.80. The molecule has 1 rings (SSSR count). The molecule has 0 amide bonds. The first kappa shape index (κ1) is 21.8. The number of hydrogen-bond donors (Lipinski definition) is 1. The monoisotopic (exact) mass is 376 g/mol. The van der Waals surface area contributed by atoms with E-state index in [0.717, 1.165) is 6.92 Å². The summed E-state index contributed by atoms with van der Waals surface area (Å²) in [6.07, 6.45) is -5.04. The Kier molecular flexibility index (Phi) is 8.46. The minimum absolute atomic E-state index is 0.0203. The Labute approximate surface area is 150 Å². The number of hydrogen-bond acceptors (Lipinski definition) is 9. The minimum atomic E-state index is -1.18. The molecule has 5 atom stereocenters. The van der Waals surface area contributed by atoms with Crippen LogP contribution in [0.2, 0.25) is 0 Å². The van der Waals surface area contributed by atoms with Gasteiger partial charge in [0.05, 0.1) is 12.7 Å². The summed E-state index contributed by atoms with van der Waals surface area (Å²) < 4.78 is 26.7. The van der Waals surface area contributed by atoms with Gasteiger partial charge >= 0.3 is 23.9 Å². The van der Waals surface area contributed by atoms with Crippen LogP contribution in [0.15, 0.2) is 0 Å². The molecule has 0 aromatic heterocycles. The minimum Gasteiger partial charge on any atom is -0.481 e. The summed E-state index contributed by atoms with van der Waals surface area (Å²) in [6.45, 7) is 5.12. The Bertz CT molecular complexity index is 531. The van der Waals surface area contributed by atoms with Gasteiger partial charge in [0.25, 0.3) is 0 Å². The molecule has 0 bridgehead atoms. The van der Waals surface area contributed by atoms with Crippen molar-refractivity contribution in [3.05, 3.63) is 0 Å². The van der Waals surface area contributed by atoms with E-state index >= 15 is 0 Å². The molecule has 0 radical (unpaired) electrons. The van der Waals surface area contributed by atoms with Crippen molar-refractivity contribution in [2.24, 2.45) is 0 Å². The molecule has 0 spiro atoms. The Hall–Kier alpha value is -2.20. The van der Waals surface area contributed by atoms with Crippen LogP contribution in [-0.2, 0) is 42.9 Å². The smallest absolute Gasteiger partial charge is 0.303 e. The quantitative estimate of drug-likeness (QED) is 0.360. The average molecular weight is 376 g/mol. The van der Waals surface area contributed by atoms with Crippen LogP contribution in [-0.4, -0.2) is 66.3 Å². The van der Waals surface area contributed by atoms with Crippen molar-refractivity contribution in [2.45, 2.75) is 71.2 Å². The number of rotatable bonds is 8. The van der Waals surface area contributed by atoms with E-state index in [0.29, 0.717) is 0 Å². The molecule has 0 aliphatic carbocycles. The van der Waals surface area contributed by atoms with Crippen molar-refractivity contribution in [1.29, 1.82) is 0 Å². The van der Waals surface area contributed by atoms with E-state index in [4.69, 9.17) is 28.8 Å². The molecule has 26 heavy (non-hydrogen) atoms. The normalized spacial score (nSPS) is 28.1. The van der Waals surface area contributed by atoms with Gasteiger partial charge in [-0.3, -0.25) is 19.2 Å². The van der Waals surface area contributed by atoms with E-state index in [1.54, 1.807) is 6.92 Å². The van der Waals surface area contributed by atoms with Crippen molar-refractivity contribution in [3.8, 4) is 0 Å². The fourth-order valence-corrected chi connectivity index (χ4v) is 2.53. The first-order valence-corrected chi connectivity index (χ1v) is 8.12. The molecular formula is C16H24O10. The Morgan fingerprint density at radius 1 is 0.885 bits per heavy atom. The van der Waals surface area contributed by atoms with Gasteiger partial charge in [-0.05, 0) is 13.3 Å². The summed E-state index contributed by atoms with van der Waals surface area (Å²) in [5.74, 6) is -2.94. The summed E-state index contributed by atoms with van der Waals surface area (Å²) in [5.41, 5.74) is 0. The Morgan fingerprint density at radius 3 is 1.88 bits per heavy atom. The van der Waals surface area contributed by atoms with E-state index in [9.17, 15) is 19.2 Å². The summed E-state index contributed by atoms with van der Waals surface area (Å²) in [7, 11) is 0. The van der Waals surface area contributed by atoms with Gasteiger partial charge in [-0.1, -0.05) is 0 Å². The molecule has 0 saturated carbocycles. The third kappa shape index (κ3) is 6.96. The van der Waals surface area contributed by atoms with Gasteiger partial charge in [-0.2, -0.15) is 0 Å². The zero-order valence-corrected chi connectivity index (χ0v) is 15.1. The highest BCUT2D eigenvalue weighted by atomic mass is 16.7. The van der Waals surface area contributed by atoms with Gasteiger partial charge in [-0.25, -0.2) is 0 Å². The number of esters is 3. The van der Waals surface area contributed by atoms with Crippen LogP contribution >= 0.6 is 0 Å². The highest BCUT2D eigenvalue weighted by Crippen LogP contribution is 2.29. The van der Waals surface area contributed by atoms with Crippen LogP contribution in [0.3, 0.4) is 0 Å². The number of carboxylic acids is 1. The predicted molar refractivity (Wildman–Crippen MR) is 83.8 cm³/mol. The van der Waals surface area contributed by atoms with Gasteiger partial charge in [0.15, 0.2) is 24.6 Å². The Morgan fingerprint density at radius 2 is 1.38 bits per heavy atom. The van der Waals surface area contributed by atoms with Crippen molar-refractivity contribution in [2.75, 3.05) is 6.61 Å². The summed E-state index contributed by atoms with van der Waals surface area (Å²) in [4.78, 5) is 44.9. The third-order valence-electron chi connectivity index (χ3n) is 3.45. The molecule has 1 heterocycles. The molecule has 10 nitrogen and oxygen atoms in total. The van der Waals surface area contributed by atoms with Crippen molar-refractivity contribution < 1.29 is 48.0 Å². The summed E-state index contributed by atoms with van der Waals surface area (Å²) >= 11 is 0. The molecular weight excluding hydrogens is 352 g/mol. The van der Waals surface area contributed by atoms with E-state index < -0.39 is 54.6 Å². The highest BCUT2D eigenvalue weighted by Gasteiger charge is 2.50. The van der Waals surface area contributed by atoms with E-state index in [-0.39, 0.29) is 19.4 Å². The van der Waals surface area contributed by atoms with Gasteiger partial charge in [0.1, 0.15) is 0 Å². The van der Waals surface area contributed by atoms with Crippen LogP contribution in [0.1, 0.15) is 40.5 Å². The van der Waals surface area contributed by atoms with Crippen LogP contribution in [0.25, 0.3) is 0 Å². The van der Waals surface area contributed by atoms with E-state index in [1.807, 2.05) is 0 Å². The van der Waals surface area contributed by atoms with Gasteiger partial charge in [0, 0.05) is 27.2 Å². The van der Waals surface area contributed by atoms with Crippen LogP contribution in [0.5, 0.6) is 0 Å². The lowest BCUT2D eigenvalue weighted by atomic mass is 9.99. The van der Waals surface area contributed by atoms with E-state index in [2.05, 4.69) is 0 Å². The van der Waals surface area contributed by atoms with Crippen molar-refractivity contribution in [3.63, 3.8) is 0 Å². The predicted octanol–water partition coefficient (Wildman–Crippen LogP) is 0.408. The lowest BCUT2D eigenvalue weighted by Crippen LogP contribution is -2.61. The van der Waals surface area contributed by atoms with Crippen molar-refractivity contribution in [1.82, 2.24) is 0 Å². The Balaban J connectivity index is 2.97. The van der Waals surface area contributed by atoms with Crippen molar-refractivity contribution >= 4 is 23.9 Å². The number of carboxylic acid groups (broad SMARTS) is 1. The van der Waals surface area contributed by atoms with Gasteiger partial charge in [-0.15, -0.1) is 0 Å². The maximum Gasteiger partial charge on any atom is 0.303 e. The topological polar surface area (TPSA) is 135 Å². The van der Waals surface area contributed by atoms with Crippen LogP contribution in [0.4, 0.5) is 0 Å². The molecule has 0 unspecified atom stereocenters. The lowest BCUT2D eigenvalue weighted by Gasteiger charge is -2.43. The summed E-state index contributed by atoms with van der Waals surface area (Å²) in [5, 5.41) is 8.66. The zero-order valence-electron chi connectivity index (χ0n) is 15.1. The molecule has 0 aromatic carbocycles. The molecule has 10 heteroatoms. The zero-order chi connectivity index (χ0) is 19.9. The second kappa shape index (κ2) is 10.1. The maximum atomic E-state index is 11.5. The van der Waals surface area contributed by atoms with Crippen LogP contribution < -0.4 is 0 Å². The molecule has 1 fully saturated rings. The second-order valence-electron chi connectivity index (χ2n) is 5.80. The first-order valence-electron chi connectivity index (χ1n) is 8.12. The first-order chi connectivity index (χ1) is 12.1. The third-order valence-corrected chi connectivity index (χ3v) is 3.45. The molecule has 148 valence electrons. The molecule has 1 aliphatic rings. The number of ether oxygens (including phenoxy) is 5. The van der Waals surface area contributed by atoms with E-state index in [1.165, 1.54) is 13.8 Å². The number of carbonyl (C=O) groups is 4. The lowest BCUT2D eigenvalue weighted by molar-refractivity contribution is -0.300. The standard InChI is InChI=1S/C16H24O10/c1-8-13(24-9(2)17)14(25-10(3)18)15(26-11(4)19)16(23-8)22-7-5-6-12(20)21/h8,13-16H,5-7H2,1-4H3,(H,20,21)/t8-,13+,14+,15-,16-/m0/s1. The highest BCUT2D eigenvalue weighted by molar-refractivity contribution is 5.68. The fourth-order valence-electron chi connectivity index (χ4n) is 2.53. The molecule has 1 N–H and O–H groups in total. The van der Waals surface area contributed by atoms with Crippen LogP contribution in [0, 0.1) is 0 Å². The molecule has 1 saturated heterocycles. The number of aliphatic carboxylic acids is 1. The maximum absolute atomic E-state index is 11.5. The number of carbonyl (C=O) groups excluding carboxylic acids is 3. The average Bonchev–Trinajstić information content (AvgIpc) is 2.49. The van der Waals surface area contributed by atoms with Gasteiger partial charge in [0.2, 0.25) is 0 Å².